The minimum atomic E-state index is -0.436. The van der Waals surface area contributed by atoms with E-state index in [1.54, 1.807) is 0 Å². The van der Waals surface area contributed by atoms with Crippen molar-refractivity contribution in [2.45, 2.75) is 45.8 Å². The molecule has 0 saturated heterocycles. The summed E-state index contributed by atoms with van der Waals surface area (Å²) in [6.07, 6.45) is 1.38. The lowest BCUT2D eigenvalue weighted by atomic mass is 10.0. The number of hydrogen-bond donors (Lipinski definition) is 3. The van der Waals surface area contributed by atoms with Gasteiger partial charge >= 0.3 is 0 Å². The molecule has 0 bridgehead atoms. The van der Waals surface area contributed by atoms with Crippen molar-refractivity contribution in [3.05, 3.63) is 29.3 Å². The van der Waals surface area contributed by atoms with Crippen molar-refractivity contribution >= 4 is 5.69 Å². The lowest BCUT2D eigenvalue weighted by Gasteiger charge is -2.15. The van der Waals surface area contributed by atoms with Gasteiger partial charge in [0.2, 0.25) is 0 Å². The number of aliphatic hydroxyl groups is 1. The predicted molar refractivity (Wildman–Crippen MR) is 72.9 cm³/mol. The third kappa shape index (κ3) is 4.36. The molecule has 96 valence electrons. The van der Waals surface area contributed by atoms with Crippen LogP contribution in [0.5, 0.6) is 0 Å². The number of nitrogens with two attached hydrogens (primary N) is 1. The minimum absolute atomic E-state index is 0.436. The van der Waals surface area contributed by atoms with Crippen LogP contribution in [-0.4, -0.2) is 17.7 Å². The Kier molecular flexibility index (Phi) is 5.45. The van der Waals surface area contributed by atoms with Gasteiger partial charge in [-0.3, -0.25) is 0 Å². The van der Waals surface area contributed by atoms with E-state index in [0.717, 1.165) is 29.8 Å². The van der Waals surface area contributed by atoms with Crippen LogP contribution in [0.25, 0.3) is 0 Å². The first kappa shape index (κ1) is 14.0. The van der Waals surface area contributed by atoms with Gasteiger partial charge in [-0.15, -0.1) is 0 Å². The van der Waals surface area contributed by atoms with Crippen LogP contribution in [0, 0.1) is 6.92 Å². The molecule has 0 aromatic heterocycles. The molecule has 3 nitrogen and oxygen atoms in total. The molecule has 4 N–H and O–H groups in total. The molecular weight excluding hydrogens is 212 g/mol. The second-order valence-corrected chi connectivity index (χ2v) is 4.68. The highest BCUT2D eigenvalue weighted by Gasteiger charge is 2.08. The molecule has 1 aromatic rings. The van der Waals surface area contributed by atoms with E-state index < -0.39 is 6.10 Å². The third-order valence-corrected chi connectivity index (χ3v) is 3.21. The Morgan fingerprint density at radius 1 is 1.41 bits per heavy atom. The number of aryl methyl sites for hydroxylation is 1. The van der Waals surface area contributed by atoms with Crippen LogP contribution in [0.1, 0.15) is 43.9 Å². The van der Waals surface area contributed by atoms with E-state index in [4.69, 9.17) is 5.73 Å². The highest BCUT2D eigenvalue weighted by molar-refractivity contribution is 5.48. The summed E-state index contributed by atoms with van der Waals surface area (Å²) in [7, 11) is 0. The van der Waals surface area contributed by atoms with Crippen LogP contribution in [0.3, 0.4) is 0 Å². The maximum atomic E-state index is 10.0. The Balaban J connectivity index is 2.46. The van der Waals surface area contributed by atoms with Crippen molar-refractivity contribution in [2.75, 3.05) is 12.3 Å². The van der Waals surface area contributed by atoms with Crippen molar-refractivity contribution in [1.29, 1.82) is 0 Å². The van der Waals surface area contributed by atoms with E-state index in [9.17, 15) is 5.11 Å². The van der Waals surface area contributed by atoms with Crippen molar-refractivity contribution in [3.8, 4) is 0 Å². The molecule has 2 unspecified atom stereocenters. The number of anilines is 1. The molecule has 2 atom stereocenters. The number of nitrogen functional groups attached to an aromatic ring is 1. The highest BCUT2D eigenvalue weighted by atomic mass is 16.3. The maximum Gasteiger partial charge on any atom is 0.0802 e. The first-order valence-electron chi connectivity index (χ1n) is 6.32. The van der Waals surface area contributed by atoms with E-state index in [1.807, 2.05) is 25.1 Å². The molecule has 1 rings (SSSR count). The average molecular weight is 236 g/mol. The van der Waals surface area contributed by atoms with Crippen LogP contribution in [0.15, 0.2) is 18.2 Å². The van der Waals surface area contributed by atoms with Crippen molar-refractivity contribution in [3.63, 3.8) is 0 Å². The zero-order valence-corrected chi connectivity index (χ0v) is 11.0. The molecule has 0 saturated carbocycles. The lowest BCUT2D eigenvalue weighted by molar-refractivity contribution is 0.165. The Bertz CT molecular complexity index is 352. The van der Waals surface area contributed by atoms with Crippen LogP contribution in [-0.2, 0) is 0 Å². The smallest absolute Gasteiger partial charge is 0.0802 e. The molecule has 0 spiro atoms. The van der Waals surface area contributed by atoms with Gasteiger partial charge in [0.25, 0.3) is 0 Å². The van der Waals surface area contributed by atoms with Gasteiger partial charge in [-0.25, -0.2) is 0 Å². The van der Waals surface area contributed by atoms with Crippen molar-refractivity contribution in [1.82, 2.24) is 5.32 Å². The molecule has 0 fully saturated rings. The summed E-state index contributed by atoms with van der Waals surface area (Å²) >= 11 is 0. The number of hydrogen-bond acceptors (Lipinski definition) is 3. The minimum Gasteiger partial charge on any atom is -0.399 e. The maximum absolute atomic E-state index is 10.0. The van der Waals surface area contributed by atoms with E-state index in [2.05, 4.69) is 19.2 Å². The zero-order valence-electron chi connectivity index (χ0n) is 11.0. The first-order valence-corrected chi connectivity index (χ1v) is 6.32. The second-order valence-electron chi connectivity index (χ2n) is 4.68. The Morgan fingerprint density at radius 2 is 2.12 bits per heavy atom. The van der Waals surface area contributed by atoms with Gasteiger partial charge < -0.3 is 16.2 Å². The van der Waals surface area contributed by atoms with Gasteiger partial charge in [-0.1, -0.05) is 19.1 Å². The topological polar surface area (TPSA) is 58.3 Å². The molecule has 17 heavy (non-hydrogen) atoms. The van der Waals surface area contributed by atoms with Crippen molar-refractivity contribution in [2.24, 2.45) is 0 Å². The molecule has 0 heterocycles. The number of rotatable bonds is 6. The highest BCUT2D eigenvalue weighted by Crippen LogP contribution is 2.21. The quantitative estimate of drug-likeness (QED) is 0.665. The summed E-state index contributed by atoms with van der Waals surface area (Å²) in [5.74, 6) is 0. The largest absolute Gasteiger partial charge is 0.399 e. The van der Waals surface area contributed by atoms with Crippen LogP contribution in [0.4, 0.5) is 5.69 Å². The number of benzene rings is 1. The van der Waals surface area contributed by atoms with E-state index in [-0.39, 0.29) is 0 Å². The average Bonchev–Trinajstić information content (AvgIpc) is 2.32. The van der Waals surface area contributed by atoms with Gasteiger partial charge in [0.05, 0.1) is 6.10 Å². The molecular formula is C14H24N2O. The fourth-order valence-corrected chi connectivity index (χ4v) is 1.64. The summed E-state index contributed by atoms with van der Waals surface area (Å²) in [6.45, 7) is 7.09. The second kappa shape index (κ2) is 6.62. The van der Waals surface area contributed by atoms with E-state index in [1.165, 1.54) is 0 Å². The predicted octanol–water partition coefficient (Wildman–Crippen LogP) is 2.39. The zero-order chi connectivity index (χ0) is 12.8. The van der Waals surface area contributed by atoms with Gasteiger partial charge in [0.1, 0.15) is 0 Å². The monoisotopic (exact) mass is 236 g/mol. The summed E-state index contributed by atoms with van der Waals surface area (Å²) in [4.78, 5) is 0. The summed E-state index contributed by atoms with van der Waals surface area (Å²) in [5.41, 5.74) is 8.53. The SMILES string of the molecule is CCC(C)NCCC(O)c1ccc(C)c(N)c1. The number of nitrogens with one attached hydrogen (secondary N) is 1. The Labute approximate surface area is 104 Å². The van der Waals surface area contributed by atoms with Gasteiger partial charge in [0.15, 0.2) is 0 Å². The molecule has 3 heteroatoms. The van der Waals surface area contributed by atoms with Crippen LogP contribution >= 0.6 is 0 Å². The van der Waals surface area contributed by atoms with Crippen LogP contribution < -0.4 is 11.1 Å². The van der Waals surface area contributed by atoms with Gasteiger partial charge in [-0.05, 0) is 50.4 Å². The van der Waals surface area contributed by atoms with Gasteiger partial charge in [0, 0.05) is 11.7 Å². The number of aliphatic hydroxyl groups excluding tert-OH is 1. The molecule has 0 radical (unpaired) electrons. The standard InChI is InChI=1S/C14H24N2O/c1-4-11(3)16-8-7-14(17)12-6-5-10(2)13(15)9-12/h5-6,9,11,14,16-17H,4,7-8,15H2,1-3H3. The summed E-state index contributed by atoms with van der Waals surface area (Å²) in [6, 6.07) is 6.27. The van der Waals surface area contributed by atoms with Crippen molar-refractivity contribution < 1.29 is 5.11 Å². The molecule has 0 aliphatic rings. The fourth-order valence-electron chi connectivity index (χ4n) is 1.64. The normalized spacial score (nSPS) is 14.6. The van der Waals surface area contributed by atoms with E-state index >= 15 is 0 Å². The Morgan fingerprint density at radius 3 is 2.71 bits per heavy atom. The van der Waals surface area contributed by atoms with Gasteiger partial charge in [-0.2, -0.15) is 0 Å². The summed E-state index contributed by atoms with van der Waals surface area (Å²) < 4.78 is 0. The summed E-state index contributed by atoms with van der Waals surface area (Å²) in [5, 5.41) is 13.4. The molecule has 0 aliphatic carbocycles. The molecule has 0 aliphatic heterocycles. The molecule has 0 amide bonds. The van der Waals surface area contributed by atoms with E-state index in [0.29, 0.717) is 12.5 Å². The Hall–Kier alpha value is -1.06. The first-order chi connectivity index (χ1) is 8.04. The fraction of sp³-hybridized carbons (Fsp3) is 0.571. The van der Waals surface area contributed by atoms with Crippen LogP contribution in [0.2, 0.25) is 0 Å². The third-order valence-electron chi connectivity index (χ3n) is 3.21. The lowest BCUT2D eigenvalue weighted by Crippen LogP contribution is -2.27. The molecule has 1 aromatic carbocycles.